The smallest absolute Gasteiger partial charge is 0.191 e. The van der Waals surface area contributed by atoms with Gasteiger partial charge in [0, 0.05) is 25.9 Å². The van der Waals surface area contributed by atoms with Gasteiger partial charge in [-0.05, 0) is 41.7 Å². The predicted molar refractivity (Wildman–Crippen MR) is 97.7 cm³/mol. The van der Waals surface area contributed by atoms with Crippen LogP contribution in [-0.2, 0) is 0 Å². The summed E-state index contributed by atoms with van der Waals surface area (Å²) in [7, 11) is 1.82. The standard InChI is InChI=1S/C15H28N4S2/c1-5-19(6-2)14(13-7-9-21-12-13)11-18-15(16-3)17-8-10-20-4/h7,9,12,14H,5-6,8,10-11H2,1-4H3,(H2,16,17,18). The summed E-state index contributed by atoms with van der Waals surface area (Å²) in [5.41, 5.74) is 1.38. The minimum atomic E-state index is 0.394. The monoisotopic (exact) mass is 328 g/mol. The molecular weight excluding hydrogens is 300 g/mol. The zero-order valence-corrected chi connectivity index (χ0v) is 15.2. The predicted octanol–water partition coefficient (Wildman–Crippen LogP) is 2.66. The summed E-state index contributed by atoms with van der Waals surface area (Å²) in [6.07, 6.45) is 2.12. The summed E-state index contributed by atoms with van der Waals surface area (Å²) >= 11 is 3.60. The van der Waals surface area contributed by atoms with Gasteiger partial charge in [0.05, 0.1) is 6.04 Å². The maximum absolute atomic E-state index is 4.29. The van der Waals surface area contributed by atoms with E-state index >= 15 is 0 Å². The van der Waals surface area contributed by atoms with Crippen LogP contribution in [0.3, 0.4) is 0 Å². The Morgan fingerprint density at radius 1 is 1.38 bits per heavy atom. The molecule has 0 amide bonds. The molecule has 0 spiro atoms. The fourth-order valence-electron chi connectivity index (χ4n) is 2.27. The average molecular weight is 329 g/mol. The maximum Gasteiger partial charge on any atom is 0.191 e. The number of likely N-dealkylation sites (N-methyl/N-ethyl adjacent to an activating group) is 1. The van der Waals surface area contributed by atoms with Gasteiger partial charge in [-0.15, -0.1) is 0 Å². The van der Waals surface area contributed by atoms with E-state index in [0.717, 1.165) is 37.9 Å². The lowest BCUT2D eigenvalue weighted by Crippen LogP contribution is -2.43. The molecule has 1 aromatic rings. The van der Waals surface area contributed by atoms with Gasteiger partial charge < -0.3 is 10.6 Å². The fraction of sp³-hybridized carbons (Fsp3) is 0.667. The van der Waals surface area contributed by atoms with E-state index in [1.54, 1.807) is 11.3 Å². The second-order valence-corrected chi connectivity index (χ2v) is 6.43. The van der Waals surface area contributed by atoms with Crippen LogP contribution in [0.15, 0.2) is 21.8 Å². The van der Waals surface area contributed by atoms with E-state index in [1.807, 2.05) is 18.8 Å². The molecule has 0 saturated carbocycles. The van der Waals surface area contributed by atoms with Crippen molar-refractivity contribution in [1.29, 1.82) is 0 Å². The molecule has 0 bridgehead atoms. The third-order valence-electron chi connectivity index (χ3n) is 3.47. The summed E-state index contributed by atoms with van der Waals surface area (Å²) in [4.78, 5) is 6.77. The SMILES string of the molecule is CCN(CC)C(CNC(=NC)NCCSC)c1ccsc1. The lowest BCUT2D eigenvalue weighted by atomic mass is 10.1. The van der Waals surface area contributed by atoms with Crippen molar-refractivity contribution in [3.05, 3.63) is 22.4 Å². The zero-order chi connectivity index (χ0) is 15.5. The molecule has 1 atom stereocenters. The van der Waals surface area contributed by atoms with Gasteiger partial charge in [0.25, 0.3) is 0 Å². The summed E-state index contributed by atoms with van der Waals surface area (Å²) in [6.45, 7) is 8.35. The van der Waals surface area contributed by atoms with Crippen molar-refractivity contribution in [2.75, 3.05) is 45.2 Å². The molecule has 120 valence electrons. The second kappa shape index (κ2) is 10.9. The molecule has 0 fully saturated rings. The third-order valence-corrected chi connectivity index (χ3v) is 4.78. The molecule has 2 N–H and O–H groups in total. The fourth-order valence-corrected chi connectivity index (χ4v) is 3.29. The van der Waals surface area contributed by atoms with Crippen LogP contribution in [0.4, 0.5) is 0 Å². The van der Waals surface area contributed by atoms with Crippen molar-refractivity contribution in [3.63, 3.8) is 0 Å². The lowest BCUT2D eigenvalue weighted by Gasteiger charge is -2.30. The Labute approximate surface area is 137 Å². The zero-order valence-electron chi connectivity index (χ0n) is 13.6. The molecule has 6 heteroatoms. The van der Waals surface area contributed by atoms with Crippen LogP contribution in [0.2, 0.25) is 0 Å². The quantitative estimate of drug-likeness (QED) is 0.415. The van der Waals surface area contributed by atoms with Crippen molar-refractivity contribution < 1.29 is 0 Å². The van der Waals surface area contributed by atoms with E-state index in [1.165, 1.54) is 5.56 Å². The first-order valence-corrected chi connectivity index (χ1v) is 9.80. The van der Waals surface area contributed by atoms with Gasteiger partial charge in [0.1, 0.15) is 0 Å². The Kier molecular flexibility index (Phi) is 9.54. The number of hydrogen-bond donors (Lipinski definition) is 2. The number of aliphatic imine (C=N–C) groups is 1. The van der Waals surface area contributed by atoms with Crippen LogP contribution in [0.1, 0.15) is 25.5 Å². The first kappa shape index (κ1) is 18.3. The van der Waals surface area contributed by atoms with Crippen molar-refractivity contribution in [3.8, 4) is 0 Å². The topological polar surface area (TPSA) is 39.7 Å². The first-order valence-electron chi connectivity index (χ1n) is 7.46. The Bertz CT molecular complexity index is 388. The van der Waals surface area contributed by atoms with Crippen molar-refractivity contribution in [2.24, 2.45) is 4.99 Å². The summed E-state index contributed by atoms with van der Waals surface area (Å²) in [5, 5.41) is 11.2. The number of thiophene rings is 1. The maximum atomic E-state index is 4.29. The highest BCUT2D eigenvalue weighted by Crippen LogP contribution is 2.22. The lowest BCUT2D eigenvalue weighted by molar-refractivity contribution is 0.219. The van der Waals surface area contributed by atoms with Crippen LogP contribution in [-0.4, -0.2) is 56.1 Å². The normalized spacial score (nSPS) is 13.5. The van der Waals surface area contributed by atoms with Crippen molar-refractivity contribution in [1.82, 2.24) is 15.5 Å². The van der Waals surface area contributed by atoms with Crippen LogP contribution in [0.5, 0.6) is 0 Å². The minimum Gasteiger partial charge on any atom is -0.356 e. The minimum absolute atomic E-state index is 0.394. The summed E-state index contributed by atoms with van der Waals surface area (Å²) in [6, 6.07) is 2.62. The molecule has 1 unspecified atom stereocenters. The van der Waals surface area contributed by atoms with Gasteiger partial charge in [0.15, 0.2) is 5.96 Å². The number of rotatable bonds is 9. The highest BCUT2D eigenvalue weighted by molar-refractivity contribution is 7.98. The van der Waals surface area contributed by atoms with Crippen LogP contribution in [0.25, 0.3) is 0 Å². The molecule has 1 aromatic heterocycles. The van der Waals surface area contributed by atoms with E-state index in [4.69, 9.17) is 0 Å². The largest absolute Gasteiger partial charge is 0.356 e. The highest BCUT2D eigenvalue weighted by atomic mass is 32.2. The molecule has 0 aliphatic rings. The van der Waals surface area contributed by atoms with Crippen LogP contribution < -0.4 is 10.6 Å². The van der Waals surface area contributed by atoms with Crippen LogP contribution >= 0.6 is 23.1 Å². The van der Waals surface area contributed by atoms with Gasteiger partial charge in [-0.3, -0.25) is 9.89 Å². The molecule has 4 nitrogen and oxygen atoms in total. The highest BCUT2D eigenvalue weighted by Gasteiger charge is 2.18. The number of thioether (sulfide) groups is 1. The van der Waals surface area contributed by atoms with E-state index < -0.39 is 0 Å². The Morgan fingerprint density at radius 2 is 2.14 bits per heavy atom. The van der Waals surface area contributed by atoms with E-state index in [2.05, 4.69) is 57.5 Å². The average Bonchev–Trinajstić information content (AvgIpc) is 3.03. The van der Waals surface area contributed by atoms with E-state index in [9.17, 15) is 0 Å². The van der Waals surface area contributed by atoms with Crippen molar-refractivity contribution >= 4 is 29.1 Å². The molecular formula is C15H28N4S2. The molecule has 0 aliphatic heterocycles. The number of hydrogen-bond acceptors (Lipinski definition) is 4. The van der Waals surface area contributed by atoms with Gasteiger partial charge in [-0.2, -0.15) is 23.1 Å². The second-order valence-electron chi connectivity index (χ2n) is 4.67. The van der Waals surface area contributed by atoms with E-state index in [0.29, 0.717) is 6.04 Å². The number of nitrogens with zero attached hydrogens (tertiary/aromatic N) is 2. The van der Waals surface area contributed by atoms with Crippen LogP contribution in [0, 0.1) is 0 Å². The molecule has 1 rings (SSSR count). The molecule has 1 heterocycles. The van der Waals surface area contributed by atoms with E-state index in [-0.39, 0.29) is 0 Å². The summed E-state index contributed by atoms with van der Waals surface area (Å²) in [5.74, 6) is 1.97. The molecule has 21 heavy (non-hydrogen) atoms. The van der Waals surface area contributed by atoms with Gasteiger partial charge >= 0.3 is 0 Å². The number of guanidine groups is 1. The third kappa shape index (κ3) is 6.28. The Balaban J connectivity index is 2.60. The van der Waals surface area contributed by atoms with Gasteiger partial charge in [-0.1, -0.05) is 13.8 Å². The molecule has 0 aromatic carbocycles. The summed E-state index contributed by atoms with van der Waals surface area (Å²) < 4.78 is 0. The Hall–Kier alpha value is -0.720. The Morgan fingerprint density at radius 3 is 2.67 bits per heavy atom. The van der Waals surface area contributed by atoms with Crippen molar-refractivity contribution in [2.45, 2.75) is 19.9 Å². The van der Waals surface area contributed by atoms with Gasteiger partial charge in [0.2, 0.25) is 0 Å². The first-order chi connectivity index (χ1) is 10.3. The number of nitrogens with one attached hydrogen (secondary N) is 2. The molecule has 0 saturated heterocycles. The van der Waals surface area contributed by atoms with Gasteiger partial charge in [-0.25, -0.2) is 0 Å². The molecule has 0 radical (unpaired) electrons. The molecule has 0 aliphatic carbocycles.